The summed E-state index contributed by atoms with van der Waals surface area (Å²) < 4.78 is 6.83. The number of carbonyl (C=O) groups is 1. The molecule has 1 amide bonds. The van der Waals surface area contributed by atoms with Crippen LogP contribution in [0.15, 0.2) is 28.7 Å². The lowest BCUT2D eigenvalue weighted by molar-refractivity contribution is -0.139. The predicted molar refractivity (Wildman–Crippen MR) is 82.3 cm³/mol. The first-order chi connectivity index (χ1) is 9.61. The number of rotatable bonds is 4. The number of morpholine rings is 1. The summed E-state index contributed by atoms with van der Waals surface area (Å²) >= 11 is 3.54. The van der Waals surface area contributed by atoms with Gasteiger partial charge in [0.1, 0.15) is 6.10 Å². The van der Waals surface area contributed by atoms with Crippen molar-refractivity contribution >= 4 is 21.8 Å². The zero-order chi connectivity index (χ0) is 14.5. The minimum absolute atomic E-state index is 0.0588. The quantitative estimate of drug-likeness (QED) is 0.915. The van der Waals surface area contributed by atoms with Gasteiger partial charge in [-0.1, -0.05) is 41.1 Å². The van der Waals surface area contributed by atoms with Crippen molar-refractivity contribution in [3.05, 3.63) is 34.3 Å². The number of ether oxygens (including phenoxy) is 1. The van der Waals surface area contributed by atoms with Crippen molar-refractivity contribution < 1.29 is 9.53 Å². The number of halogens is 1. The number of carbonyl (C=O) groups excluding carboxylic acids is 1. The maximum atomic E-state index is 12.2. The normalized spacial score (nSPS) is 20.8. The Kier molecular flexibility index (Phi) is 5.57. The molecule has 0 spiro atoms. The van der Waals surface area contributed by atoms with Gasteiger partial charge in [0.05, 0.1) is 13.2 Å². The van der Waals surface area contributed by atoms with Gasteiger partial charge in [0, 0.05) is 17.4 Å². The molecule has 1 heterocycles. The fourth-order valence-corrected chi connectivity index (χ4v) is 2.85. The molecular formula is C15H21BrN2O2. The highest BCUT2D eigenvalue weighted by Gasteiger charge is 2.26. The third-order valence-electron chi connectivity index (χ3n) is 3.60. The molecule has 5 heteroatoms. The number of hydrogen-bond donors (Lipinski definition) is 1. The molecule has 1 aliphatic rings. The molecule has 1 fully saturated rings. The van der Waals surface area contributed by atoms with Crippen molar-refractivity contribution in [2.75, 3.05) is 26.2 Å². The average Bonchev–Trinajstić information content (AvgIpc) is 2.47. The number of nitrogens with two attached hydrogens (primary N) is 1. The van der Waals surface area contributed by atoms with Gasteiger partial charge in [0.25, 0.3) is 0 Å². The van der Waals surface area contributed by atoms with Crippen LogP contribution in [0.2, 0.25) is 0 Å². The highest BCUT2D eigenvalue weighted by atomic mass is 79.9. The van der Waals surface area contributed by atoms with Crippen LogP contribution in [0.25, 0.3) is 0 Å². The van der Waals surface area contributed by atoms with E-state index in [1.165, 1.54) is 0 Å². The molecule has 1 aromatic carbocycles. The van der Waals surface area contributed by atoms with E-state index in [4.69, 9.17) is 10.5 Å². The third kappa shape index (κ3) is 3.81. The molecule has 2 rings (SSSR count). The van der Waals surface area contributed by atoms with E-state index in [2.05, 4.69) is 15.9 Å². The van der Waals surface area contributed by atoms with Crippen LogP contribution in [0.3, 0.4) is 0 Å². The highest BCUT2D eigenvalue weighted by Crippen LogP contribution is 2.28. The molecule has 0 radical (unpaired) electrons. The molecule has 0 saturated carbocycles. The van der Waals surface area contributed by atoms with E-state index in [1.807, 2.05) is 36.1 Å². The van der Waals surface area contributed by atoms with Gasteiger partial charge in [-0.25, -0.2) is 0 Å². The van der Waals surface area contributed by atoms with Crippen LogP contribution in [0.4, 0.5) is 0 Å². The Morgan fingerprint density at radius 2 is 2.30 bits per heavy atom. The second kappa shape index (κ2) is 7.20. The van der Waals surface area contributed by atoms with Crippen molar-refractivity contribution in [3.63, 3.8) is 0 Å². The third-order valence-corrected chi connectivity index (χ3v) is 4.32. The monoisotopic (exact) mass is 340 g/mol. The number of benzene rings is 1. The lowest BCUT2D eigenvalue weighted by Crippen LogP contribution is -2.43. The molecule has 0 aromatic heterocycles. The first-order valence-corrected chi connectivity index (χ1v) is 7.75. The summed E-state index contributed by atoms with van der Waals surface area (Å²) in [6.07, 6.45) is 0.454. The molecule has 2 N–H and O–H groups in total. The Labute approximate surface area is 128 Å². The van der Waals surface area contributed by atoms with Gasteiger partial charge >= 0.3 is 0 Å². The largest absolute Gasteiger partial charge is 0.370 e. The molecule has 0 unspecified atom stereocenters. The molecule has 2 atom stereocenters. The van der Waals surface area contributed by atoms with Crippen LogP contribution in [0, 0.1) is 5.92 Å². The molecule has 110 valence electrons. The zero-order valence-corrected chi connectivity index (χ0v) is 13.3. The zero-order valence-electron chi connectivity index (χ0n) is 11.7. The molecule has 20 heavy (non-hydrogen) atoms. The first-order valence-electron chi connectivity index (χ1n) is 6.95. The standard InChI is InChI=1S/C15H21BrN2O2/c1-11(9-17)8-15(19)18-6-7-20-14(10-18)12-4-2-3-5-13(12)16/h2-5,11,14H,6-10,17H2,1H3/t11-,14+/m1/s1. The van der Waals surface area contributed by atoms with E-state index in [0.29, 0.717) is 32.7 Å². The summed E-state index contributed by atoms with van der Waals surface area (Å²) in [7, 11) is 0. The molecule has 0 bridgehead atoms. The Morgan fingerprint density at radius 3 is 3.00 bits per heavy atom. The van der Waals surface area contributed by atoms with E-state index >= 15 is 0 Å². The van der Waals surface area contributed by atoms with Gasteiger partial charge < -0.3 is 15.4 Å². The molecule has 1 aliphatic heterocycles. The highest BCUT2D eigenvalue weighted by molar-refractivity contribution is 9.10. The van der Waals surface area contributed by atoms with Crippen LogP contribution in [-0.2, 0) is 9.53 Å². The molecule has 1 saturated heterocycles. The van der Waals surface area contributed by atoms with Crippen LogP contribution < -0.4 is 5.73 Å². The summed E-state index contributed by atoms with van der Waals surface area (Å²) in [6.45, 7) is 4.40. The topological polar surface area (TPSA) is 55.6 Å². The smallest absolute Gasteiger partial charge is 0.223 e. The lowest BCUT2D eigenvalue weighted by Gasteiger charge is -2.34. The maximum absolute atomic E-state index is 12.2. The summed E-state index contributed by atoms with van der Waals surface area (Å²) in [5.41, 5.74) is 6.68. The van der Waals surface area contributed by atoms with E-state index < -0.39 is 0 Å². The van der Waals surface area contributed by atoms with Crippen molar-refractivity contribution in [2.45, 2.75) is 19.4 Å². The Bertz CT molecular complexity index is 467. The van der Waals surface area contributed by atoms with Crippen molar-refractivity contribution in [3.8, 4) is 0 Å². The summed E-state index contributed by atoms with van der Waals surface area (Å²) in [6, 6.07) is 7.99. The van der Waals surface area contributed by atoms with Gasteiger partial charge in [-0.15, -0.1) is 0 Å². The van der Waals surface area contributed by atoms with Crippen LogP contribution in [0.1, 0.15) is 25.0 Å². The van der Waals surface area contributed by atoms with E-state index in [9.17, 15) is 4.79 Å². The van der Waals surface area contributed by atoms with Gasteiger partial charge in [0.2, 0.25) is 5.91 Å². The predicted octanol–water partition coefficient (Wildman–Crippen LogP) is 2.33. The van der Waals surface area contributed by atoms with E-state index in [-0.39, 0.29) is 17.9 Å². The Morgan fingerprint density at radius 1 is 1.55 bits per heavy atom. The molecule has 0 aliphatic carbocycles. The van der Waals surface area contributed by atoms with Crippen LogP contribution in [-0.4, -0.2) is 37.0 Å². The second-order valence-corrected chi connectivity index (χ2v) is 6.12. The minimum Gasteiger partial charge on any atom is -0.370 e. The van der Waals surface area contributed by atoms with Gasteiger partial charge in [-0.3, -0.25) is 4.79 Å². The summed E-state index contributed by atoms with van der Waals surface area (Å²) in [4.78, 5) is 14.1. The number of nitrogens with zero attached hydrogens (tertiary/aromatic N) is 1. The molecular weight excluding hydrogens is 320 g/mol. The second-order valence-electron chi connectivity index (χ2n) is 5.27. The first kappa shape index (κ1) is 15.5. The van der Waals surface area contributed by atoms with Crippen molar-refractivity contribution in [1.82, 2.24) is 4.90 Å². The summed E-state index contributed by atoms with van der Waals surface area (Å²) in [5, 5.41) is 0. The lowest BCUT2D eigenvalue weighted by atomic mass is 10.1. The maximum Gasteiger partial charge on any atom is 0.223 e. The summed E-state index contributed by atoms with van der Waals surface area (Å²) in [5.74, 6) is 0.399. The van der Waals surface area contributed by atoms with Crippen LogP contribution >= 0.6 is 15.9 Å². The average molecular weight is 341 g/mol. The fourth-order valence-electron chi connectivity index (χ4n) is 2.31. The molecule has 4 nitrogen and oxygen atoms in total. The number of amides is 1. The van der Waals surface area contributed by atoms with Gasteiger partial charge in [-0.2, -0.15) is 0 Å². The van der Waals surface area contributed by atoms with Crippen molar-refractivity contribution in [2.24, 2.45) is 11.7 Å². The van der Waals surface area contributed by atoms with E-state index in [0.717, 1.165) is 10.0 Å². The fraction of sp³-hybridized carbons (Fsp3) is 0.533. The van der Waals surface area contributed by atoms with E-state index in [1.54, 1.807) is 0 Å². The number of hydrogen-bond acceptors (Lipinski definition) is 3. The van der Waals surface area contributed by atoms with Crippen LogP contribution in [0.5, 0.6) is 0 Å². The van der Waals surface area contributed by atoms with Gasteiger partial charge in [0.15, 0.2) is 0 Å². The Hall–Kier alpha value is -0.910. The Balaban J connectivity index is 2.02. The minimum atomic E-state index is -0.0588. The molecule has 1 aromatic rings. The van der Waals surface area contributed by atoms with Crippen molar-refractivity contribution in [1.29, 1.82) is 0 Å². The SMILES string of the molecule is C[C@@H](CN)CC(=O)N1CCO[C@H](c2ccccc2Br)C1. The van der Waals surface area contributed by atoms with Gasteiger partial charge in [-0.05, 0) is 24.1 Å².